The van der Waals surface area contributed by atoms with Gasteiger partial charge in [0.2, 0.25) is 5.91 Å². The van der Waals surface area contributed by atoms with Gasteiger partial charge in [-0.3, -0.25) is 24.8 Å². The highest BCUT2D eigenvalue weighted by Gasteiger charge is 2.39. The van der Waals surface area contributed by atoms with Crippen LogP contribution in [0.3, 0.4) is 0 Å². The Morgan fingerprint density at radius 2 is 1.81 bits per heavy atom. The highest BCUT2D eigenvalue weighted by molar-refractivity contribution is 6.30. The lowest BCUT2D eigenvalue weighted by Gasteiger charge is -2.19. The van der Waals surface area contributed by atoms with E-state index in [4.69, 9.17) is 41.0 Å². The number of aliphatic hydroxyl groups excluding tert-OH is 3. The predicted molar refractivity (Wildman–Crippen MR) is 196 cm³/mol. The topological polar surface area (TPSA) is 214 Å². The van der Waals surface area contributed by atoms with Gasteiger partial charge in [-0.1, -0.05) is 54.1 Å². The van der Waals surface area contributed by atoms with Crippen molar-refractivity contribution in [3.8, 4) is 17.2 Å². The van der Waals surface area contributed by atoms with Crippen LogP contribution in [0.5, 0.6) is 17.2 Å². The van der Waals surface area contributed by atoms with E-state index in [1.807, 2.05) is 12.2 Å². The molecule has 0 aliphatic heterocycles. The molecule has 1 saturated carbocycles. The van der Waals surface area contributed by atoms with Crippen LogP contribution in [0.1, 0.15) is 50.5 Å². The zero-order chi connectivity index (χ0) is 39.3. The maximum atomic E-state index is 12.4. The fourth-order valence-corrected chi connectivity index (χ4v) is 5.74. The molecule has 296 valence electrons. The molecule has 1 fully saturated rings. The van der Waals surface area contributed by atoms with Crippen LogP contribution in [0.25, 0.3) is 6.08 Å². The van der Waals surface area contributed by atoms with Gasteiger partial charge < -0.3 is 39.6 Å². The number of carbonyl (C=O) groups is 3. The second-order valence-corrected chi connectivity index (χ2v) is 12.8. The SMILES string of the molecule is COc1cc(/C=C/COC(=O)CCCON(O)O)ccc1OC(=O)CNC(=O)CCC/C=C\C[C@@H]1[C@@H](/C=C/[C@@H](O)COc2cccc(Cl)c2)[C@H](O)C[C@@H]1O. The summed E-state index contributed by atoms with van der Waals surface area (Å²) >= 11 is 5.96. The predicted octanol–water partition coefficient (Wildman–Crippen LogP) is 4.19. The van der Waals surface area contributed by atoms with Crippen LogP contribution in [0, 0.1) is 11.8 Å². The number of rotatable bonds is 23. The van der Waals surface area contributed by atoms with Gasteiger partial charge in [0.1, 0.15) is 31.6 Å². The van der Waals surface area contributed by atoms with Crippen molar-refractivity contribution >= 4 is 35.5 Å². The maximum absolute atomic E-state index is 12.4. The molecule has 3 rings (SSSR count). The molecule has 0 spiro atoms. The number of halogens is 1. The van der Waals surface area contributed by atoms with Gasteiger partial charge in [-0.2, -0.15) is 0 Å². The summed E-state index contributed by atoms with van der Waals surface area (Å²) in [6.07, 6.45) is 10.4. The first-order valence-electron chi connectivity index (χ1n) is 17.5. The van der Waals surface area contributed by atoms with Crippen molar-refractivity contribution in [1.82, 2.24) is 10.7 Å². The van der Waals surface area contributed by atoms with Crippen LogP contribution in [0.2, 0.25) is 5.02 Å². The molecular weight excluding hydrogens is 728 g/mol. The van der Waals surface area contributed by atoms with Gasteiger partial charge >= 0.3 is 11.9 Å². The van der Waals surface area contributed by atoms with E-state index in [2.05, 4.69) is 10.2 Å². The van der Waals surface area contributed by atoms with E-state index in [-0.39, 0.29) is 81.3 Å². The summed E-state index contributed by atoms with van der Waals surface area (Å²) < 4.78 is 21.3. The second kappa shape index (κ2) is 24.2. The van der Waals surface area contributed by atoms with Crippen LogP contribution >= 0.6 is 11.6 Å². The molecular formula is C38H49ClN2O13. The quantitative estimate of drug-likeness (QED) is 0.0307. The molecule has 6 N–H and O–H groups in total. The summed E-state index contributed by atoms with van der Waals surface area (Å²) in [6, 6.07) is 11.7. The van der Waals surface area contributed by atoms with Crippen molar-refractivity contribution < 1.29 is 63.9 Å². The molecule has 1 aliphatic carbocycles. The van der Waals surface area contributed by atoms with Crippen LogP contribution in [-0.2, 0) is 24.0 Å². The van der Waals surface area contributed by atoms with E-state index in [9.17, 15) is 29.7 Å². The first-order valence-corrected chi connectivity index (χ1v) is 17.9. The molecule has 1 aliphatic rings. The molecule has 5 atom stereocenters. The molecule has 2 aromatic carbocycles. The zero-order valence-electron chi connectivity index (χ0n) is 30.0. The molecule has 0 unspecified atom stereocenters. The van der Waals surface area contributed by atoms with Gasteiger partial charge in [-0.05, 0) is 73.6 Å². The lowest BCUT2D eigenvalue weighted by Crippen LogP contribution is -2.31. The fourth-order valence-electron chi connectivity index (χ4n) is 5.56. The number of ether oxygens (including phenoxy) is 4. The number of hydrogen-bond donors (Lipinski definition) is 6. The molecule has 0 heterocycles. The van der Waals surface area contributed by atoms with Gasteiger partial charge in [0.15, 0.2) is 11.5 Å². The highest BCUT2D eigenvalue weighted by Crippen LogP contribution is 2.36. The van der Waals surface area contributed by atoms with Crippen LogP contribution in [0.15, 0.2) is 72.8 Å². The third-order valence-electron chi connectivity index (χ3n) is 8.26. The number of unbranched alkanes of at least 4 members (excludes halogenated alkanes) is 1. The minimum absolute atomic E-state index is 0.00565. The minimum Gasteiger partial charge on any atom is -0.493 e. The molecule has 1 amide bonds. The highest BCUT2D eigenvalue weighted by atomic mass is 35.5. The molecule has 15 nitrogen and oxygen atoms in total. The molecule has 16 heteroatoms. The van der Waals surface area contributed by atoms with E-state index in [0.717, 1.165) is 0 Å². The Morgan fingerprint density at radius 3 is 2.57 bits per heavy atom. The normalized spacial score (nSPS) is 19.1. The first kappa shape index (κ1) is 44.1. The standard InChI is InChI=1S/C38H49ClN2O13/c1-50-35-21-26(9-7-19-51-37(46)14-8-20-53-41(48)49)15-18-34(35)54-38(47)24-40-36(45)13-5-3-2-4-12-30-31(33(44)23-32(30)43)17-16-28(42)25-52-29-11-6-10-27(39)22-29/h2,4,6-7,9-11,15-18,21-22,28,30-33,42-44,48-49H,3,5,8,12-14,19-20,23-25H2,1H3,(H,40,45)/b4-2-,9-7+,17-16+/t28-,30-,31-,32+,33-/m1/s1. The summed E-state index contributed by atoms with van der Waals surface area (Å²) in [7, 11) is 1.41. The molecule has 2 aromatic rings. The molecule has 0 saturated heterocycles. The van der Waals surface area contributed by atoms with Gasteiger partial charge in [0, 0.05) is 30.2 Å². The number of hydrogen-bond acceptors (Lipinski definition) is 14. The van der Waals surface area contributed by atoms with Crippen molar-refractivity contribution in [3.05, 3.63) is 83.4 Å². The van der Waals surface area contributed by atoms with Crippen molar-refractivity contribution in [2.75, 3.05) is 33.5 Å². The van der Waals surface area contributed by atoms with E-state index >= 15 is 0 Å². The number of aliphatic hydroxyl groups is 3. The van der Waals surface area contributed by atoms with Crippen molar-refractivity contribution in [3.63, 3.8) is 0 Å². The zero-order valence-corrected chi connectivity index (χ0v) is 30.8. The number of nitrogens with one attached hydrogen (secondary N) is 1. The Hall–Kier alpha value is -4.32. The fraction of sp³-hybridized carbons (Fsp3) is 0.447. The van der Waals surface area contributed by atoms with Gasteiger partial charge in [0.25, 0.3) is 0 Å². The maximum Gasteiger partial charge on any atom is 0.330 e. The third kappa shape index (κ3) is 16.8. The largest absolute Gasteiger partial charge is 0.493 e. The van der Waals surface area contributed by atoms with E-state index in [1.54, 1.807) is 60.7 Å². The lowest BCUT2D eigenvalue weighted by molar-refractivity contribution is -0.492. The third-order valence-corrected chi connectivity index (χ3v) is 8.50. The molecule has 0 aromatic heterocycles. The summed E-state index contributed by atoms with van der Waals surface area (Å²) in [5, 5.41) is 50.9. The number of esters is 2. The summed E-state index contributed by atoms with van der Waals surface area (Å²) in [4.78, 5) is 40.8. The Balaban J connectivity index is 1.32. The number of amides is 1. The summed E-state index contributed by atoms with van der Waals surface area (Å²) in [5.74, 6) is -1.10. The molecule has 0 radical (unpaired) electrons. The Labute approximate surface area is 318 Å². The van der Waals surface area contributed by atoms with E-state index in [1.165, 1.54) is 13.2 Å². The summed E-state index contributed by atoms with van der Waals surface area (Å²) in [6.45, 7) is -0.395. The molecule has 54 heavy (non-hydrogen) atoms. The Morgan fingerprint density at radius 1 is 1.00 bits per heavy atom. The van der Waals surface area contributed by atoms with E-state index < -0.39 is 35.6 Å². The minimum atomic E-state index is -0.914. The number of allylic oxidation sites excluding steroid dienone is 2. The Kier molecular flexibility index (Phi) is 19.7. The smallest absolute Gasteiger partial charge is 0.330 e. The Bertz CT molecular complexity index is 1570. The van der Waals surface area contributed by atoms with Crippen molar-refractivity contribution in [2.24, 2.45) is 11.8 Å². The number of carbonyl (C=O) groups excluding carboxylic acids is 3. The van der Waals surface area contributed by atoms with Crippen LogP contribution in [0.4, 0.5) is 0 Å². The average Bonchev–Trinajstić information content (AvgIpc) is 3.41. The number of methoxy groups -OCH3 is 1. The van der Waals surface area contributed by atoms with E-state index in [0.29, 0.717) is 35.6 Å². The van der Waals surface area contributed by atoms with Crippen molar-refractivity contribution in [1.29, 1.82) is 0 Å². The van der Waals surface area contributed by atoms with Crippen LogP contribution in [-0.4, -0.2) is 101 Å². The monoisotopic (exact) mass is 776 g/mol. The number of benzene rings is 2. The lowest BCUT2D eigenvalue weighted by atomic mass is 9.89. The van der Waals surface area contributed by atoms with Gasteiger partial charge in [-0.15, -0.1) is 0 Å². The average molecular weight is 777 g/mol. The summed E-state index contributed by atoms with van der Waals surface area (Å²) in [5.41, 5.74) is 0.685. The van der Waals surface area contributed by atoms with Crippen LogP contribution < -0.4 is 19.5 Å². The van der Waals surface area contributed by atoms with Crippen molar-refractivity contribution in [2.45, 2.75) is 63.3 Å². The number of nitrogens with zero attached hydrogens (tertiary/aromatic N) is 1. The molecule has 0 bridgehead atoms. The first-order chi connectivity index (χ1) is 25.9. The van der Waals surface area contributed by atoms with Gasteiger partial charge in [-0.25, -0.2) is 4.79 Å². The second-order valence-electron chi connectivity index (χ2n) is 12.4. The van der Waals surface area contributed by atoms with Gasteiger partial charge in [0.05, 0.1) is 31.3 Å².